The number of nitrogens with zero attached hydrogens (tertiary/aromatic N) is 1. The van der Waals surface area contributed by atoms with Crippen molar-refractivity contribution < 1.29 is 4.74 Å². The summed E-state index contributed by atoms with van der Waals surface area (Å²) in [5.74, 6) is 1.49. The second-order valence-corrected chi connectivity index (χ2v) is 4.77. The third kappa shape index (κ3) is 5.40. The standard InChI is InChI=1S/C11H16ClNOS/c1-9-7-10(2)13-11(8-9)15-6-5-14-4-3-12/h7-8H,3-6H2,1-2H3. The number of hydrogen-bond donors (Lipinski definition) is 0. The molecule has 0 aliphatic carbocycles. The SMILES string of the molecule is Cc1cc(C)nc(SCCOCCCl)c1. The Kier molecular flexibility index (Phi) is 6.06. The molecule has 1 aromatic rings. The summed E-state index contributed by atoms with van der Waals surface area (Å²) in [6, 6.07) is 4.17. The van der Waals surface area contributed by atoms with E-state index in [4.69, 9.17) is 16.3 Å². The number of pyridine rings is 1. The van der Waals surface area contributed by atoms with E-state index >= 15 is 0 Å². The van der Waals surface area contributed by atoms with E-state index in [9.17, 15) is 0 Å². The maximum Gasteiger partial charge on any atom is 0.0966 e. The molecule has 0 N–H and O–H groups in total. The summed E-state index contributed by atoms with van der Waals surface area (Å²) < 4.78 is 5.28. The Hall–Kier alpha value is -0.250. The highest BCUT2D eigenvalue weighted by Gasteiger charge is 1.98. The average Bonchev–Trinajstić information content (AvgIpc) is 2.16. The predicted octanol–water partition coefficient (Wildman–Crippen LogP) is 3.05. The maximum atomic E-state index is 5.49. The van der Waals surface area contributed by atoms with Crippen LogP contribution >= 0.6 is 23.4 Å². The minimum absolute atomic E-state index is 0.562. The lowest BCUT2D eigenvalue weighted by molar-refractivity contribution is 0.166. The summed E-state index contributed by atoms with van der Waals surface area (Å²) in [6.07, 6.45) is 0. The van der Waals surface area contributed by atoms with Gasteiger partial charge < -0.3 is 4.74 Å². The minimum atomic E-state index is 0.562. The molecule has 4 heteroatoms. The zero-order valence-corrected chi connectivity index (χ0v) is 10.7. The van der Waals surface area contributed by atoms with Gasteiger partial charge in [-0.15, -0.1) is 23.4 Å². The molecule has 0 aliphatic rings. The molecule has 0 fully saturated rings. The van der Waals surface area contributed by atoms with Gasteiger partial charge in [0, 0.05) is 17.3 Å². The van der Waals surface area contributed by atoms with Crippen molar-refractivity contribution in [2.45, 2.75) is 18.9 Å². The first kappa shape index (κ1) is 12.8. The average molecular weight is 246 g/mol. The molecule has 0 atom stereocenters. The third-order valence-corrected chi connectivity index (χ3v) is 2.80. The van der Waals surface area contributed by atoms with Crippen LogP contribution in [0.3, 0.4) is 0 Å². The summed E-state index contributed by atoms with van der Waals surface area (Å²) in [7, 11) is 0. The molecule has 1 aromatic heterocycles. The van der Waals surface area contributed by atoms with Crippen LogP contribution in [0.2, 0.25) is 0 Å². The number of thioether (sulfide) groups is 1. The maximum absolute atomic E-state index is 5.49. The number of halogens is 1. The quantitative estimate of drug-likeness (QED) is 0.437. The van der Waals surface area contributed by atoms with E-state index in [0.29, 0.717) is 12.5 Å². The highest BCUT2D eigenvalue weighted by atomic mass is 35.5. The molecule has 0 aliphatic heterocycles. The second kappa shape index (κ2) is 7.09. The van der Waals surface area contributed by atoms with Gasteiger partial charge in [0.2, 0.25) is 0 Å². The van der Waals surface area contributed by atoms with Gasteiger partial charge in [-0.2, -0.15) is 0 Å². The van der Waals surface area contributed by atoms with Gasteiger partial charge in [0.25, 0.3) is 0 Å². The molecule has 0 aromatic carbocycles. The number of ether oxygens (including phenoxy) is 1. The van der Waals surface area contributed by atoms with Crippen molar-refractivity contribution in [1.82, 2.24) is 4.98 Å². The first-order valence-electron chi connectivity index (χ1n) is 4.94. The Bertz CT molecular complexity index is 286. The smallest absolute Gasteiger partial charge is 0.0966 e. The van der Waals surface area contributed by atoms with Crippen LogP contribution in [0.1, 0.15) is 11.3 Å². The van der Waals surface area contributed by atoms with Crippen molar-refractivity contribution in [2.24, 2.45) is 0 Å². The van der Waals surface area contributed by atoms with Gasteiger partial charge in [0.15, 0.2) is 0 Å². The van der Waals surface area contributed by atoms with Crippen molar-refractivity contribution in [3.8, 4) is 0 Å². The first-order valence-corrected chi connectivity index (χ1v) is 6.46. The molecule has 0 radical (unpaired) electrons. The molecule has 0 saturated heterocycles. The van der Waals surface area contributed by atoms with E-state index in [1.54, 1.807) is 11.8 Å². The van der Waals surface area contributed by atoms with Crippen LogP contribution in [0.4, 0.5) is 0 Å². The van der Waals surface area contributed by atoms with Crippen molar-refractivity contribution in [3.63, 3.8) is 0 Å². The van der Waals surface area contributed by atoms with Crippen LogP contribution in [0.5, 0.6) is 0 Å². The Morgan fingerprint density at radius 1 is 1.33 bits per heavy atom. The van der Waals surface area contributed by atoms with Crippen LogP contribution < -0.4 is 0 Å². The van der Waals surface area contributed by atoms with E-state index in [2.05, 4.69) is 24.0 Å². The van der Waals surface area contributed by atoms with E-state index in [1.807, 2.05) is 6.92 Å². The summed E-state index contributed by atoms with van der Waals surface area (Å²) in [5.41, 5.74) is 2.32. The highest BCUT2D eigenvalue weighted by molar-refractivity contribution is 7.99. The Balaban J connectivity index is 2.31. The number of aryl methyl sites for hydroxylation is 2. The molecular weight excluding hydrogens is 230 g/mol. The summed E-state index contributed by atoms with van der Waals surface area (Å²) >= 11 is 7.21. The van der Waals surface area contributed by atoms with Gasteiger partial charge in [-0.05, 0) is 31.5 Å². The zero-order valence-electron chi connectivity index (χ0n) is 9.12. The first-order chi connectivity index (χ1) is 7.22. The van der Waals surface area contributed by atoms with E-state index < -0.39 is 0 Å². The fraction of sp³-hybridized carbons (Fsp3) is 0.545. The molecule has 84 valence electrons. The van der Waals surface area contributed by atoms with E-state index in [0.717, 1.165) is 23.1 Å². The van der Waals surface area contributed by atoms with E-state index in [-0.39, 0.29) is 0 Å². The Morgan fingerprint density at radius 3 is 2.80 bits per heavy atom. The molecule has 15 heavy (non-hydrogen) atoms. The third-order valence-electron chi connectivity index (χ3n) is 1.77. The number of rotatable bonds is 6. The topological polar surface area (TPSA) is 22.1 Å². The normalized spacial score (nSPS) is 10.6. The predicted molar refractivity (Wildman–Crippen MR) is 66.0 cm³/mol. The molecule has 2 nitrogen and oxygen atoms in total. The van der Waals surface area contributed by atoms with Gasteiger partial charge in [-0.25, -0.2) is 4.98 Å². The molecule has 1 heterocycles. The van der Waals surface area contributed by atoms with Gasteiger partial charge in [-0.3, -0.25) is 0 Å². The van der Waals surface area contributed by atoms with Crippen molar-refractivity contribution in [1.29, 1.82) is 0 Å². The Labute approximate surface area is 100 Å². The number of alkyl halides is 1. The fourth-order valence-electron chi connectivity index (χ4n) is 1.24. The molecule has 0 unspecified atom stereocenters. The minimum Gasteiger partial charge on any atom is -0.379 e. The van der Waals surface area contributed by atoms with Crippen LogP contribution in [0.15, 0.2) is 17.2 Å². The van der Waals surface area contributed by atoms with Gasteiger partial charge >= 0.3 is 0 Å². The zero-order chi connectivity index (χ0) is 11.1. The van der Waals surface area contributed by atoms with Crippen LogP contribution in [-0.2, 0) is 4.74 Å². The fourth-order valence-corrected chi connectivity index (χ4v) is 2.24. The van der Waals surface area contributed by atoms with Gasteiger partial charge in [-0.1, -0.05) is 0 Å². The van der Waals surface area contributed by atoms with Gasteiger partial charge in [0.1, 0.15) is 0 Å². The Morgan fingerprint density at radius 2 is 2.13 bits per heavy atom. The van der Waals surface area contributed by atoms with Crippen LogP contribution in [0, 0.1) is 13.8 Å². The lowest BCUT2D eigenvalue weighted by Gasteiger charge is -2.04. The molecule has 0 bridgehead atoms. The van der Waals surface area contributed by atoms with Crippen molar-refractivity contribution in [3.05, 3.63) is 23.4 Å². The molecule has 0 amide bonds. The molecular formula is C11H16ClNOS. The molecule has 0 spiro atoms. The second-order valence-electron chi connectivity index (χ2n) is 3.27. The van der Waals surface area contributed by atoms with Crippen molar-refractivity contribution >= 4 is 23.4 Å². The lowest BCUT2D eigenvalue weighted by atomic mass is 10.3. The van der Waals surface area contributed by atoms with Gasteiger partial charge in [0.05, 0.1) is 18.2 Å². The summed E-state index contributed by atoms with van der Waals surface area (Å²) in [4.78, 5) is 4.43. The monoisotopic (exact) mass is 245 g/mol. The summed E-state index contributed by atoms with van der Waals surface area (Å²) in [6.45, 7) is 5.46. The summed E-state index contributed by atoms with van der Waals surface area (Å²) in [5, 5.41) is 1.07. The number of hydrogen-bond acceptors (Lipinski definition) is 3. The number of aromatic nitrogens is 1. The van der Waals surface area contributed by atoms with Crippen LogP contribution in [0.25, 0.3) is 0 Å². The van der Waals surface area contributed by atoms with Crippen LogP contribution in [-0.4, -0.2) is 29.8 Å². The van der Waals surface area contributed by atoms with Crippen molar-refractivity contribution in [2.75, 3.05) is 24.8 Å². The van der Waals surface area contributed by atoms with E-state index in [1.165, 1.54) is 5.56 Å². The largest absolute Gasteiger partial charge is 0.379 e. The molecule has 1 rings (SSSR count). The lowest BCUT2D eigenvalue weighted by Crippen LogP contribution is -2.00. The molecule has 0 saturated carbocycles. The highest BCUT2D eigenvalue weighted by Crippen LogP contribution is 2.17.